The normalized spacial score (nSPS) is 27.0. The highest BCUT2D eigenvalue weighted by atomic mass is 16.5. The predicted octanol–water partition coefficient (Wildman–Crippen LogP) is 2.54. The Kier molecular flexibility index (Phi) is 4.60. The molecule has 1 amide bonds. The molecule has 1 aromatic rings. The number of benzene rings is 1. The van der Waals surface area contributed by atoms with E-state index in [1.165, 1.54) is 0 Å². The van der Waals surface area contributed by atoms with Gasteiger partial charge in [0.15, 0.2) is 0 Å². The third-order valence-corrected chi connectivity index (χ3v) is 4.76. The molecule has 2 fully saturated rings. The van der Waals surface area contributed by atoms with E-state index in [2.05, 4.69) is 24.1 Å². The molecule has 5 heteroatoms. The van der Waals surface area contributed by atoms with E-state index >= 15 is 0 Å². The molecular formula is C18H26N2O3. The Bertz CT molecular complexity index is 542. The first-order valence-corrected chi connectivity index (χ1v) is 8.50. The van der Waals surface area contributed by atoms with Gasteiger partial charge in [0.1, 0.15) is 5.60 Å². The fourth-order valence-corrected chi connectivity index (χ4v) is 3.58. The van der Waals surface area contributed by atoms with Crippen LogP contribution in [0.2, 0.25) is 0 Å². The summed E-state index contributed by atoms with van der Waals surface area (Å²) < 4.78 is 5.76. The van der Waals surface area contributed by atoms with Crippen molar-refractivity contribution in [3.8, 4) is 0 Å². The molecule has 2 N–H and O–H groups in total. The van der Waals surface area contributed by atoms with Crippen molar-refractivity contribution in [1.29, 1.82) is 0 Å². The fourth-order valence-electron chi connectivity index (χ4n) is 3.58. The van der Waals surface area contributed by atoms with Crippen molar-refractivity contribution in [2.45, 2.75) is 57.3 Å². The molecule has 1 saturated carbocycles. The number of rotatable bonds is 3. The van der Waals surface area contributed by atoms with Gasteiger partial charge in [0, 0.05) is 24.5 Å². The summed E-state index contributed by atoms with van der Waals surface area (Å²) in [6.45, 7) is 5.91. The van der Waals surface area contributed by atoms with Crippen LogP contribution in [0.25, 0.3) is 0 Å². The second-order valence-corrected chi connectivity index (χ2v) is 6.90. The molecule has 0 radical (unpaired) electrons. The van der Waals surface area contributed by atoms with E-state index in [1.807, 2.05) is 24.3 Å². The molecule has 0 bridgehead atoms. The maximum atomic E-state index is 12.2. The maximum Gasteiger partial charge on any atom is 0.256 e. The van der Waals surface area contributed by atoms with Crippen molar-refractivity contribution < 1.29 is 14.6 Å². The van der Waals surface area contributed by atoms with E-state index in [0.29, 0.717) is 12.8 Å². The van der Waals surface area contributed by atoms with Crippen molar-refractivity contribution in [2.75, 3.05) is 23.3 Å². The lowest BCUT2D eigenvalue weighted by Gasteiger charge is -2.36. The van der Waals surface area contributed by atoms with E-state index in [1.54, 1.807) is 0 Å². The lowest BCUT2D eigenvalue weighted by molar-refractivity contribution is -0.133. The van der Waals surface area contributed by atoms with Crippen molar-refractivity contribution in [1.82, 2.24) is 0 Å². The van der Waals surface area contributed by atoms with Crippen LogP contribution in [-0.2, 0) is 9.53 Å². The lowest BCUT2D eigenvalue weighted by atomic mass is 10.0. The summed E-state index contributed by atoms with van der Waals surface area (Å²) in [5.41, 5.74) is 0.673. The van der Waals surface area contributed by atoms with E-state index in [4.69, 9.17) is 4.74 Å². The number of amides is 1. The van der Waals surface area contributed by atoms with Gasteiger partial charge in [-0.3, -0.25) is 4.79 Å². The van der Waals surface area contributed by atoms with E-state index in [9.17, 15) is 9.90 Å². The van der Waals surface area contributed by atoms with Gasteiger partial charge in [-0.05, 0) is 63.8 Å². The molecule has 2 atom stereocenters. The van der Waals surface area contributed by atoms with Gasteiger partial charge in [0.2, 0.25) is 0 Å². The molecule has 1 heterocycles. The van der Waals surface area contributed by atoms with Gasteiger partial charge >= 0.3 is 0 Å². The minimum atomic E-state index is -1.19. The van der Waals surface area contributed by atoms with Crippen molar-refractivity contribution in [3.05, 3.63) is 24.3 Å². The Labute approximate surface area is 137 Å². The molecule has 1 aliphatic heterocycles. The lowest BCUT2D eigenvalue weighted by Crippen LogP contribution is -2.45. The first-order chi connectivity index (χ1) is 11.0. The van der Waals surface area contributed by atoms with Crippen molar-refractivity contribution in [3.63, 3.8) is 0 Å². The van der Waals surface area contributed by atoms with Gasteiger partial charge < -0.3 is 20.1 Å². The number of nitrogens with one attached hydrogen (secondary N) is 1. The molecule has 126 valence electrons. The van der Waals surface area contributed by atoms with E-state index in [-0.39, 0.29) is 18.1 Å². The Hall–Kier alpha value is -1.59. The van der Waals surface area contributed by atoms with Crippen molar-refractivity contribution in [2.24, 2.45) is 0 Å². The summed E-state index contributed by atoms with van der Waals surface area (Å²) in [7, 11) is 0. The average molecular weight is 318 g/mol. The quantitative estimate of drug-likeness (QED) is 0.899. The topological polar surface area (TPSA) is 61.8 Å². The molecule has 1 saturated heterocycles. The Morgan fingerprint density at radius 1 is 1.17 bits per heavy atom. The van der Waals surface area contributed by atoms with Crippen LogP contribution in [0.1, 0.15) is 39.5 Å². The average Bonchev–Trinajstić information content (AvgIpc) is 2.95. The van der Waals surface area contributed by atoms with E-state index < -0.39 is 5.60 Å². The SMILES string of the molecule is CC1CN(c2ccc(NC(=O)C3(O)CCCC3)cc2)CC(C)O1. The molecule has 0 aromatic heterocycles. The largest absolute Gasteiger partial charge is 0.380 e. The van der Waals surface area contributed by atoms with Gasteiger partial charge in [-0.2, -0.15) is 0 Å². The van der Waals surface area contributed by atoms with Gasteiger partial charge in [0.25, 0.3) is 5.91 Å². The van der Waals surface area contributed by atoms with Crippen LogP contribution >= 0.6 is 0 Å². The molecule has 23 heavy (non-hydrogen) atoms. The Balaban J connectivity index is 1.64. The molecule has 2 aliphatic rings. The minimum absolute atomic E-state index is 0.217. The number of ether oxygens (including phenoxy) is 1. The number of hydrogen-bond acceptors (Lipinski definition) is 4. The molecule has 0 spiro atoms. The van der Waals surface area contributed by atoms with Gasteiger partial charge in [-0.1, -0.05) is 0 Å². The maximum absolute atomic E-state index is 12.2. The van der Waals surface area contributed by atoms with Gasteiger partial charge in [-0.15, -0.1) is 0 Å². The summed E-state index contributed by atoms with van der Waals surface area (Å²) in [6, 6.07) is 7.82. The molecular weight excluding hydrogens is 292 g/mol. The summed E-state index contributed by atoms with van der Waals surface area (Å²) in [5.74, 6) is -0.281. The van der Waals surface area contributed by atoms with Crippen molar-refractivity contribution >= 4 is 17.3 Å². The molecule has 1 aromatic carbocycles. The molecule has 2 unspecified atom stereocenters. The van der Waals surface area contributed by atoms with Crippen LogP contribution in [0.5, 0.6) is 0 Å². The number of nitrogens with zero attached hydrogens (tertiary/aromatic N) is 1. The Morgan fingerprint density at radius 3 is 2.30 bits per heavy atom. The Morgan fingerprint density at radius 2 is 1.74 bits per heavy atom. The monoisotopic (exact) mass is 318 g/mol. The van der Waals surface area contributed by atoms with E-state index in [0.717, 1.165) is 37.3 Å². The van der Waals surface area contributed by atoms with Crippen LogP contribution < -0.4 is 10.2 Å². The predicted molar refractivity (Wildman–Crippen MR) is 90.7 cm³/mol. The molecule has 5 nitrogen and oxygen atoms in total. The zero-order valence-corrected chi connectivity index (χ0v) is 13.9. The second kappa shape index (κ2) is 6.49. The number of anilines is 2. The number of aliphatic hydroxyl groups is 1. The highest BCUT2D eigenvalue weighted by Gasteiger charge is 2.38. The first-order valence-electron chi connectivity index (χ1n) is 8.50. The number of morpholine rings is 1. The zero-order chi connectivity index (χ0) is 16.4. The smallest absolute Gasteiger partial charge is 0.256 e. The van der Waals surface area contributed by atoms with Crippen LogP contribution in [0.15, 0.2) is 24.3 Å². The number of hydrogen-bond donors (Lipinski definition) is 2. The molecule has 1 aliphatic carbocycles. The van der Waals surface area contributed by atoms with Crippen LogP contribution in [0.3, 0.4) is 0 Å². The van der Waals surface area contributed by atoms with Crippen LogP contribution in [0, 0.1) is 0 Å². The number of carbonyl (C=O) groups excluding carboxylic acids is 1. The summed E-state index contributed by atoms with van der Waals surface area (Å²) in [4.78, 5) is 14.5. The third kappa shape index (κ3) is 3.67. The molecule has 3 rings (SSSR count). The standard InChI is InChI=1S/C18H26N2O3/c1-13-11-20(12-14(2)23-13)16-7-5-15(6-8-16)19-17(21)18(22)9-3-4-10-18/h5-8,13-14,22H,3-4,9-12H2,1-2H3,(H,19,21). The third-order valence-electron chi connectivity index (χ3n) is 4.76. The summed E-state index contributed by atoms with van der Waals surface area (Å²) in [5, 5.41) is 13.1. The van der Waals surface area contributed by atoms with Gasteiger partial charge in [-0.25, -0.2) is 0 Å². The van der Waals surface area contributed by atoms with Crippen LogP contribution in [-0.4, -0.2) is 41.9 Å². The minimum Gasteiger partial charge on any atom is -0.380 e. The first kappa shape index (κ1) is 16.3. The summed E-state index contributed by atoms with van der Waals surface area (Å²) in [6.07, 6.45) is 3.37. The number of carbonyl (C=O) groups is 1. The van der Waals surface area contributed by atoms with Gasteiger partial charge in [0.05, 0.1) is 12.2 Å². The fraction of sp³-hybridized carbons (Fsp3) is 0.611. The summed E-state index contributed by atoms with van der Waals surface area (Å²) >= 11 is 0. The zero-order valence-electron chi connectivity index (χ0n) is 13.9. The highest BCUT2D eigenvalue weighted by molar-refractivity contribution is 5.97. The highest BCUT2D eigenvalue weighted by Crippen LogP contribution is 2.31. The van der Waals surface area contributed by atoms with Crippen LogP contribution in [0.4, 0.5) is 11.4 Å². The second-order valence-electron chi connectivity index (χ2n) is 6.90.